The van der Waals surface area contributed by atoms with Gasteiger partial charge in [0.05, 0.1) is 12.8 Å². The summed E-state index contributed by atoms with van der Waals surface area (Å²) >= 11 is 1.34. The Balaban J connectivity index is 1.82. The average Bonchev–Trinajstić information content (AvgIpc) is 3.14. The lowest BCUT2D eigenvalue weighted by Crippen LogP contribution is -2.17. The zero-order chi connectivity index (χ0) is 20.8. The summed E-state index contributed by atoms with van der Waals surface area (Å²) in [6, 6.07) is 9.87. The largest absolute Gasteiger partial charge is 0.488 e. The number of methoxy groups -OCH3 is 1. The van der Waals surface area contributed by atoms with Crippen molar-refractivity contribution in [2.24, 2.45) is 0 Å². The minimum absolute atomic E-state index is 0.0704. The van der Waals surface area contributed by atoms with E-state index in [-0.39, 0.29) is 29.6 Å². The molecule has 0 spiro atoms. The van der Waals surface area contributed by atoms with Crippen molar-refractivity contribution in [3.05, 3.63) is 66.0 Å². The summed E-state index contributed by atoms with van der Waals surface area (Å²) in [5, 5.41) is 3.21. The number of halogens is 2. The van der Waals surface area contributed by atoms with Crippen LogP contribution in [0.3, 0.4) is 0 Å². The maximum Gasteiger partial charge on any atom is 0.274 e. The van der Waals surface area contributed by atoms with E-state index in [0.29, 0.717) is 17.5 Å². The van der Waals surface area contributed by atoms with Crippen LogP contribution in [0, 0.1) is 11.6 Å². The number of imidazole rings is 1. The molecular formula is C20H19F2N3O3S. The molecule has 0 aliphatic carbocycles. The summed E-state index contributed by atoms with van der Waals surface area (Å²) < 4.78 is 39.2. The van der Waals surface area contributed by atoms with Crippen LogP contribution in [0.5, 0.6) is 5.75 Å². The van der Waals surface area contributed by atoms with Crippen LogP contribution in [0.15, 0.2) is 53.8 Å². The number of hydrogen-bond acceptors (Lipinski definition) is 5. The number of aromatic nitrogens is 2. The minimum Gasteiger partial charge on any atom is -0.488 e. The Kier molecular flexibility index (Phi) is 6.84. The third kappa shape index (κ3) is 4.93. The Labute approximate surface area is 170 Å². The van der Waals surface area contributed by atoms with Gasteiger partial charge in [-0.25, -0.2) is 13.8 Å². The second kappa shape index (κ2) is 9.53. The summed E-state index contributed by atoms with van der Waals surface area (Å²) in [4.78, 5) is 17.0. The Bertz CT molecular complexity index is 993. The van der Waals surface area contributed by atoms with Gasteiger partial charge >= 0.3 is 0 Å². The van der Waals surface area contributed by atoms with Gasteiger partial charge in [-0.15, -0.1) is 0 Å². The quantitative estimate of drug-likeness (QED) is 0.439. The smallest absolute Gasteiger partial charge is 0.274 e. The zero-order valence-electron chi connectivity index (χ0n) is 15.8. The summed E-state index contributed by atoms with van der Waals surface area (Å²) in [5.74, 6) is -1.39. The summed E-state index contributed by atoms with van der Waals surface area (Å²) in [6.07, 6.45) is 3.24. The van der Waals surface area contributed by atoms with Gasteiger partial charge in [0.25, 0.3) is 5.91 Å². The van der Waals surface area contributed by atoms with Gasteiger partial charge in [-0.2, -0.15) is 0 Å². The number of carbonyl (C=O) groups is 1. The fraction of sp³-hybridized carbons (Fsp3) is 0.200. The molecule has 0 aliphatic heterocycles. The highest BCUT2D eigenvalue weighted by atomic mass is 32.2. The number of rotatable bonds is 8. The lowest BCUT2D eigenvalue weighted by atomic mass is 10.2. The van der Waals surface area contributed by atoms with Crippen LogP contribution in [0.25, 0.3) is 5.69 Å². The van der Waals surface area contributed by atoms with E-state index in [2.05, 4.69) is 10.3 Å². The van der Waals surface area contributed by atoms with E-state index in [9.17, 15) is 13.6 Å². The maximum absolute atomic E-state index is 14.2. The van der Waals surface area contributed by atoms with E-state index in [1.54, 1.807) is 16.7 Å². The second-order valence-corrected chi connectivity index (χ2v) is 6.66. The van der Waals surface area contributed by atoms with Gasteiger partial charge in [0, 0.05) is 24.6 Å². The van der Waals surface area contributed by atoms with E-state index >= 15 is 0 Å². The molecule has 0 saturated carbocycles. The van der Waals surface area contributed by atoms with Crippen LogP contribution < -0.4 is 10.1 Å². The molecule has 0 unspecified atom stereocenters. The number of thioether (sulfide) groups is 1. The number of anilines is 1. The Hall–Kier alpha value is -2.91. The first-order valence-electron chi connectivity index (χ1n) is 8.63. The van der Waals surface area contributed by atoms with Crippen LogP contribution >= 0.6 is 11.8 Å². The lowest BCUT2D eigenvalue weighted by Gasteiger charge is -2.12. The second-order valence-electron chi connectivity index (χ2n) is 5.88. The predicted molar refractivity (Wildman–Crippen MR) is 107 cm³/mol. The monoisotopic (exact) mass is 419 g/mol. The fourth-order valence-corrected chi connectivity index (χ4v) is 3.15. The molecule has 1 heterocycles. The van der Waals surface area contributed by atoms with Crippen molar-refractivity contribution in [2.75, 3.05) is 31.9 Å². The van der Waals surface area contributed by atoms with Crippen molar-refractivity contribution in [2.45, 2.75) is 5.16 Å². The highest BCUT2D eigenvalue weighted by Gasteiger charge is 2.18. The van der Waals surface area contributed by atoms with Crippen molar-refractivity contribution >= 4 is 23.4 Å². The van der Waals surface area contributed by atoms with E-state index in [1.807, 2.05) is 6.26 Å². The molecule has 0 bridgehead atoms. The van der Waals surface area contributed by atoms with Gasteiger partial charge in [0.15, 0.2) is 16.7 Å². The molecule has 0 radical (unpaired) electrons. The average molecular weight is 419 g/mol. The third-order valence-corrected chi connectivity index (χ3v) is 4.62. The first-order chi connectivity index (χ1) is 14.0. The van der Waals surface area contributed by atoms with Gasteiger partial charge in [-0.3, -0.25) is 9.36 Å². The SMILES string of the molecule is COCCOc1ccc(NC(=O)c2cnc(SC)n2-c2ccc(F)cc2)cc1F. The number of carbonyl (C=O) groups excluding carboxylic acids is 1. The standard InChI is InChI=1S/C20H19F2N3O3S/c1-27-9-10-28-18-8-5-14(11-16(18)22)24-19(26)17-12-23-20(29-2)25(17)15-6-3-13(21)4-7-15/h3-8,11-12H,9-10H2,1-2H3,(H,24,26). The predicted octanol–water partition coefficient (Wildman–Crippen LogP) is 4.15. The Morgan fingerprint density at radius 2 is 1.93 bits per heavy atom. The third-order valence-electron chi connectivity index (χ3n) is 3.96. The summed E-state index contributed by atoms with van der Waals surface area (Å²) in [7, 11) is 1.53. The van der Waals surface area contributed by atoms with Gasteiger partial charge < -0.3 is 14.8 Å². The van der Waals surface area contributed by atoms with Crippen LogP contribution in [0.4, 0.5) is 14.5 Å². The molecular weight excluding hydrogens is 400 g/mol. The van der Waals surface area contributed by atoms with Crippen LogP contribution in [-0.4, -0.2) is 42.0 Å². The summed E-state index contributed by atoms with van der Waals surface area (Å²) in [6.45, 7) is 0.552. The van der Waals surface area contributed by atoms with Gasteiger partial charge in [-0.05, 0) is 42.7 Å². The molecule has 3 rings (SSSR count). The summed E-state index contributed by atoms with van der Waals surface area (Å²) in [5.41, 5.74) is 1.09. The van der Waals surface area contributed by atoms with Crippen LogP contribution in [-0.2, 0) is 4.74 Å². The van der Waals surface area contributed by atoms with Crippen molar-refractivity contribution in [3.63, 3.8) is 0 Å². The topological polar surface area (TPSA) is 65.4 Å². The number of amides is 1. The fourth-order valence-electron chi connectivity index (χ4n) is 2.60. The van der Waals surface area contributed by atoms with Gasteiger partial charge in [0.2, 0.25) is 0 Å². The molecule has 1 N–H and O–H groups in total. The molecule has 0 saturated heterocycles. The Morgan fingerprint density at radius 3 is 2.59 bits per heavy atom. The van der Waals surface area contributed by atoms with Crippen molar-refractivity contribution in [3.8, 4) is 11.4 Å². The molecule has 0 atom stereocenters. The van der Waals surface area contributed by atoms with Crippen LogP contribution in [0.2, 0.25) is 0 Å². The van der Waals surface area contributed by atoms with E-state index in [4.69, 9.17) is 9.47 Å². The molecule has 1 aromatic heterocycles. The normalized spacial score (nSPS) is 10.8. The number of nitrogens with one attached hydrogen (secondary N) is 1. The van der Waals surface area contributed by atoms with Gasteiger partial charge in [-0.1, -0.05) is 11.8 Å². The molecule has 6 nitrogen and oxygen atoms in total. The van der Waals surface area contributed by atoms with E-state index in [0.717, 1.165) is 0 Å². The maximum atomic E-state index is 14.2. The van der Waals surface area contributed by atoms with Gasteiger partial charge in [0.1, 0.15) is 18.1 Å². The van der Waals surface area contributed by atoms with Crippen molar-refractivity contribution in [1.82, 2.24) is 9.55 Å². The van der Waals surface area contributed by atoms with Crippen molar-refractivity contribution < 1.29 is 23.0 Å². The molecule has 29 heavy (non-hydrogen) atoms. The van der Waals surface area contributed by atoms with E-state index < -0.39 is 11.7 Å². The van der Waals surface area contributed by atoms with Crippen molar-refractivity contribution in [1.29, 1.82) is 0 Å². The highest BCUT2D eigenvalue weighted by molar-refractivity contribution is 7.98. The first-order valence-corrected chi connectivity index (χ1v) is 9.86. The highest BCUT2D eigenvalue weighted by Crippen LogP contribution is 2.24. The minimum atomic E-state index is -0.601. The number of hydrogen-bond donors (Lipinski definition) is 1. The molecule has 9 heteroatoms. The zero-order valence-corrected chi connectivity index (χ0v) is 16.6. The number of benzene rings is 2. The lowest BCUT2D eigenvalue weighted by molar-refractivity contribution is 0.102. The molecule has 1 amide bonds. The molecule has 2 aromatic carbocycles. The van der Waals surface area contributed by atoms with Crippen LogP contribution in [0.1, 0.15) is 10.5 Å². The molecule has 0 fully saturated rings. The number of ether oxygens (including phenoxy) is 2. The Morgan fingerprint density at radius 1 is 1.17 bits per heavy atom. The molecule has 152 valence electrons. The molecule has 3 aromatic rings. The number of nitrogens with zero attached hydrogens (tertiary/aromatic N) is 2. The van der Waals surface area contributed by atoms with E-state index in [1.165, 1.54) is 55.4 Å². The first kappa shape index (κ1) is 20.8. The molecule has 0 aliphatic rings.